The highest BCUT2D eigenvalue weighted by molar-refractivity contribution is 5.82. The van der Waals surface area contributed by atoms with E-state index in [1.54, 1.807) is 31.4 Å². The number of carbonyl (C=O) groups excluding carboxylic acids is 1. The number of hydrogen-bond acceptors (Lipinski definition) is 5. The highest BCUT2D eigenvalue weighted by atomic mass is 16.5. The van der Waals surface area contributed by atoms with E-state index in [2.05, 4.69) is 5.32 Å². The van der Waals surface area contributed by atoms with Crippen LogP contribution in [-0.2, 0) is 11.2 Å². The first-order valence-corrected chi connectivity index (χ1v) is 9.09. The first-order valence-electron chi connectivity index (χ1n) is 9.09. The highest BCUT2D eigenvalue weighted by Gasteiger charge is 2.14. The molecule has 146 valence electrons. The van der Waals surface area contributed by atoms with Gasteiger partial charge in [-0.05, 0) is 36.6 Å². The van der Waals surface area contributed by atoms with Crippen molar-refractivity contribution in [3.63, 3.8) is 0 Å². The number of hydrogen-bond donors (Lipinski definition) is 2. The van der Waals surface area contributed by atoms with Crippen LogP contribution in [0.2, 0.25) is 0 Å². The molecule has 1 unspecified atom stereocenters. The number of aryl methyl sites for hydroxylation is 1. The van der Waals surface area contributed by atoms with E-state index in [4.69, 9.17) is 9.15 Å². The second kappa shape index (κ2) is 8.71. The number of carbonyl (C=O) groups is 1. The van der Waals surface area contributed by atoms with Gasteiger partial charge in [0.15, 0.2) is 0 Å². The number of rotatable bonds is 7. The summed E-state index contributed by atoms with van der Waals surface area (Å²) in [6.07, 6.45) is -0.370. The molecule has 0 saturated heterocycles. The summed E-state index contributed by atoms with van der Waals surface area (Å²) >= 11 is 0. The van der Waals surface area contributed by atoms with Crippen molar-refractivity contribution in [1.29, 1.82) is 0 Å². The molecule has 6 nitrogen and oxygen atoms in total. The molecule has 1 atom stereocenters. The topological polar surface area (TPSA) is 88.8 Å². The van der Waals surface area contributed by atoms with Gasteiger partial charge in [0.25, 0.3) is 0 Å². The Labute approximate surface area is 162 Å². The Kier molecular flexibility index (Phi) is 6.11. The van der Waals surface area contributed by atoms with Crippen molar-refractivity contribution >= 4 is 16.9 Å². The smallest absolute Gasteiger partial charge is 0.339 e. The Hall–Kier alpha value is -3.12. The SMILES string of the molecule is COc1ccc2c(C)c(CCC(=O)NCC(O)c3ccccc3)c(=O)oc2c1. The fraction of sp³-hybridized carbons (Fsp3) is 0.273. The van der Waals surface area contributed by atoms with Gasteiger partial charge in [-0.25, -0.2) is 4.79 Å². The largest absolute Gasteiger partial charge is 0.497 e. The van der Waals surface area contributed by atoms with Gasteiger partial charge in [-0.15, -0.1) is 0 Å². The van der Waals surface area contributed by atoms with Gasteiger partial charge in [-0.2, -0.15) is 0 Å². The molecule has 0 radical (unpaired) electrons. The monoisotopic (exact) mass is 381 g/mol. The quantitative estimate of drug-likeness (QED) is 0.615. The fourth-order valence-electron chi connectivity index (χ4n) is 3.12. The van der Waals surface area contributed by atoms with E-state index in [-0.39, 0.29) is 25.3 Å². The Morgan fingerprint density at radius 2 is 1.96 bits per heavy atom. The summed E-state index contributed by atoms with van der Waals surface area (Å²) in [4.78, 5) is 24.5. The number of fused-ring (bicyclic) bond motifs is 1. The first-order chi connectivity index (χ1) is 13.5. The zero-order chi connectivity index (χ0) is 20.1. The van der Waals surface area contributed by atoms with Crippen molar-refractivity contribution in [2.45, 2.75) is 25.9 Å². The third-order valence-electron chi connectivity index (χ3n) is 4.77. The normalized spacial score (nSPS) is 12.0. The van der Waals surface area contributed by atoms with E-state index in [0.29, 0.717) is 16.9 Å². The van der Waals surface area contributed by atoms with Crippen molar-refractivity contribution in [3.05, 3.63) is 75.6 Å². The average molecular weight is 381 g/mol. The minimum absolute atomic E-state index is 0.119. The summed E-state index contributed by atoms with van der Waals surface area (Å²) in [5, 5.41) is 13.6. The van der Waals surface area contributed by atoms with Crippen LogP contribution in [-0.4, -0.2) is 24.7 Å². The first kappa shape index (κ1) is 19.6. The second-order valence-corrected chi connectivity index (χ2v) is 6.59. The summed E-state index contributed by atoms with van der Waals surface area (Å²) in [7, 11) is 1.55. The molecule has 1 aromatic heterocycles. The predicted octanol–water partition coefficient (Wildman–Crippen LogP) is 2.89. The van der Waals surface area contributed by atoms with E-state index >= 15 is 0 Å². The summed E-state index contributed by atoms with van der Waals surface area (Å²) in [6.45, 7) is 1.96. The van der Waals surface area contributed by atoms with Crippen LogP contribution < -0.4 is 15.7 Å². The highest BCUT2D eigenvalue weighted by Crippen LogP contribution is 2.24. The molecule has 6 heteroatoms. The van der Waals surface area contributed by atoms with Crippen molar-refractivity contribution < 1.29 is 19.1 Å². The molecule has 1 amide bonds. The van der Waals surface area contributed by atoms with Crippen molar-refractivity contribution in [3.8, 4) is 5.75 Å². The van der Waals surface area contributed by atoms with Crippen molar-refractivity contribution in [2.75, 3.05) is 13.7 Å². The maximum atomic E-state index is 12.3. The average Bonchev–Trinajstić information content (AvgIpc) is 2.71. The van der Waals surface area contributed by atoms with Gasteiger partial charge in [0.1, 0.15) is 11.3 Å². The molecule has 0 aliphatic rings. The molecular formula is C22H23NO5. The number of benzene rings is 2. The Bertz CT molecular complexity index is 1030. The lowest BCUT2D eigenvalue weighted by Crippen LogP contribution is -2.29. The van der Waals surface area contributed by atoms with Gasteiger partial charge < -0.3 is 19.6 Å². The van der Waals surface area contributed by atoms with E-state index < -0.39 is 11.7 Å². The summed E-state index contributed by atoms with van der Waals surface area (Å²) < 4.78 is 10.6. The summed E-state index contributed by atoms with van der Waals surface area (Å²) in [5.41, 5.74) is 2.03. The summed E-state index contributed by atoms with van der Waals surface area (Å²) in [5.74, 6) is 0.378. The number of ether oxygens (including phenoxy) is 1. The molecule has 0 fully saturated rings. The Morgan fingerprint density at radius 1 is 1.21 bits per heavy atom. The zero-order valence-corrected chi connectivity index (χ0v) is 15.9. The van der Waals surface area contributed by atoms with Gasteiger partial charge in [0.2, 0.25) is 5.91 Å². The fourth-order valence-corrected chi connectivity index (χ4v) is 3.12. The zero-order valence-electron chi connectivity index (χ0n) is 15.9. The summed E-state index contributed by atoms with van der Waals surface area (Å²) in [6, 6.07) is 14.4. The number of nitrogens with one attached hydrogen (secondary N) is 1. The number of aliphatic hydroxyl groups excluding tert-OH is 1. The number of methoxy groups -OCH3 is 1. The molecule has 0 spiro atoms. The van der Waals surface area contributed by atoms with Crippen molar-refractivity contribution in [2.24, 2.45) is 0 Å². The van der Waals surface area contributed by atoms with E-state index in [0.717, 1.165) is 16.5 Å². The lowest BCUT2D eigenvalue weighted by molar-refractivity contribution is -0.121. The second-order valence-electron chi connectivity index (χ2n) is 6.59. The third-order valence-corrected chi connectivity index (χ3v) is 4.77. The van der Waals surface area contributed by atoms with Crippen LogP contribution in [0.1, 0.15) is 29.2 Å². The van der Waals surface area contributed by atoms with Crippen molar-refractivity contribution in [1.82, 2.24) is 5.32 Å². The van der Waals surface area contributed by atoms with Crippen LogP contribution >= 0.6 is 0 Å². The number of aliphatic hydroxyl groups is 1. The van der Waals surface area contributed by atoms with E-state index in [1.807, 2.05) is 31.2 Å². The minimum atomic E-state index is -0.771. The number of amides is 1. The molecule has 3 rings (SSSR count). The molecule has 0 bridgehead atoms. The third kappa shape index (κ3) is 4.40. The van der Waals surface area contributed by atoms with Gasteiger partial charge in [-0.1, -0.05) is 30.3 Å². The molecule has 0 aliphatic carbocycles. The van der Waals surface area contributed by atoms with Crippen LogP contribution in [0.3, 0.4) is 0 Å². The van der Waals surface area contributed by atoms with Gasteiger partial charge in [0, 0.05) is 30.0 Å². The van der Waals surface area contributed by atoms with Gasteiger partial charge in [-0.3, -0.25) is 4.79 Å². The maximum absolute atomic E-state index is 12.3. The molecule has 1 heterocycles. The van der Waals surface area contributed by atoms with Gasteiger partial charge in [0.05, 0.1) is 13.2 Å². The lowest BCUT2D eigenvalue weighted by Gasteiger charge is -2.12. The Balaban J connectivity index is 1.64. The van der Waals surface area contributed by atoms with Crippen LogP contribution in [0.5, 0.6) is 5.75 Å². The molecule has 0 saturated carbocycles. The van der Waals surface area contributed by atoms with Crippen LogP contribution in [0.4, 0.5) is 0 Å². The molecule has 3 aromatic rings. The Morgan fingerprint density at radius 3 is 2.68 bits per heavy atom. The standard InChI is InChI=1S/C22H23NO5/c1-14-17-9-8-16(27-2)12-20(17)28-22(26)18(14)10-11-21(25)23-13-19(24)15-6-4-3-5-7-15/h3-9,12,19,24H,10-11,13H2,1-2H3,(H,23,25). The maximum Gasteiger partial charge on any atom is 0.339 e. The van der Waals surface area contributed by atoms with E-state index in [1.165, 1.54) is 0 Å². The predicted molar refractivity (Wildman–Crippen MR) is 107 cm³/mol. The van der Waals surface area contributed by atoms with Gasteiger partial charge >= 0.3 is 5.63 Å². The van der Waals surface area contributed by atoms with Crippen LogP contribution in [0, 0.1) is 6.92 Å². The molecule has 2 N–H and O–H groups in total. The van der Waals surface area contributed by atoms with E-state index in [9.17, 15) is 14.7 Å². The van der Waals surface area contributed by atoms with Crippen LogP contribution in [0.15, 0.2) is 57.7 Å². The molecule has 2 aromatic carbocycles. The minimum Gasteiger partial charge on any atom is -0.497 e. The molecular weight excluding hydrogens is 358 g/mol. The lowest BCUT2D eigenvalue weighted by atomic mass is 10.0. The molecule has 28 heavy (non-hydrogen) atoms. The molecule has 0 aliphatic heterocycles. The van der Waals surface area contributed by atoms with Crippen LogP contribution in [0.25, 0.3) is 11.0 Å².